The number of para-hydroxylation sites is 1. The van der Waals surface area contributed by atoms with Crippen molar-refractivity contribution in [3.63, 3.8) is 0 Å². The summed E-state index contributed by atoms with van der Waals surface area (Å²) in [5.41, 5.74) is 3.77. The van der Waals surface area contributed by atoms with Crippen molar-refractivity contribution in [2.24, 2.45) is 0 Å². The van der Waals surface area contributed by atoms with Crippen molar-refractivity contribution < 1.29 is 24.2 Å². The molecule has 2 aliphatic heterocycles. The first kappa shape index (κ1) is 23.7. The van der Waals surface area contributed by atoms with Crippen molar-refractivity contribution in [2.45, 2.75) is 13.2 Å². The lowest BCUT2D eigenvalue weighted by Crippen LogP contribution is -2.47. The average molecular weight is 511 g/mol. The van der Waals surface area contributed by atoms with E-state index in [1.807, 2.05) is 60.7 Å². The van der Waals surface area contributed by atoms with Gasteiger partial charge in [-0.05, 0) is 23.8 Å². The third kappa shape index (κ3) is 4.59. The number of piperazine rings is 1. The fourth-order valence-corrected chi connectivity index (χ4v) is 4.85. The molecule has 1 amide bonds. The molecule has 0 atom stereocenters. The third-order valence-corrected chi connectivity index (χ3v) is 6.93. The number of nitrogens with one attached hydrogen (secondary N) is 1. The molecule has 9 heteroatoms. The minimum absolute atomic E-state index is 0.203. The van der Waals surface area contributed by atoms with E-state index in [1.165, 1.54) is 4.90 Å². The van der Waals surface area contributed by atoms with Crippen LogP contribution < -0.4 is 9.47 Å². The van der Waals surface area contributed by atoms with Crippen molar-refractivity contribution in [3.8, 4) is 11.5 Å². The molecular formula is C29H26N4O5. The molecular weight excluding hydrogens is 484 g/mol. The van der Waals surface area contributed by atoms with Crippen molar-refractivity contribution in [1.82, 2.24) is 20.0 Å². The third-order valence-electron chi connectivity index (χ3n) is 6.93. The summed E-state index contributed by atoms with van der Waals surface area (Å²) in [6.45, 7) is 2.82. The van der Waals surface area contributed by atoms with E-state index in [0.29, 0.717) is 62.1 Å². The summed E-state index contributed by atoms with van der Waals surface area (Å²) in [4.78, 5) is 28.3. The largest absolute Gasteiger partial charge is 0.488 e. The number of fused-ring (bicyclic) bond motifs is 2. The molecule has 192 valence electrons. The Kier molecular flexibility index (Phi) is 6.27. The molecule has 0 spiro atoms. The van der Waals surface area contributed by atoms with Gasteiger partial charge in [0.2, 0.25) is 5.78 Å². The van der Waals surface area contributed by atoms with Crippen LogP contribution in [0.2, 0.25) is 0 Å². The number of Topliss-reactive ketones (excluding diaryl/α,β-unsaturated/α-hetero) is 1. The molecule has 0 radical (unpaired) electrons. The number of nitrogens with zero attached hydrogens (tertiary/aromatic N) is 3. The number of rotatable bonds is 6. The van der Waals surface area contributed by atoms with Gasteiger partial charge in [0.15, 0.2) is 5.76 Å². The Labute approximate surface area is 218 Å². The second kappa shape index (κ2) is 10.0. The van der Waals surface area contributed by atoms with E-state index in [9.17, 15) is 14.7 Å². The molecule has 1 aromatic heterocycles. The van der Waals surface area contributed by atoms with E-state index in [4.69, 9.17) is 9.47 Å². The lowest BCUT2D eigenvalue weighted by molar-refractivity contribution is 0.101. The van der Waals surface area contributed by atoms with Crippen molar-refractivity contribution in [2.75, 3.05) is 26.2 Å². The number of hydrogen-bond donors (Lipinski definition) is 2. The number of carboxylic acid groups (broad SMARTS) is 1. The fourth-order valence-electron chi connectivity index (χ4n) is 4.85. The first-order valence-electron chi connectivity index (χ1n) is 12.5. The summed E-state index contributed by atoms with van der Waals surface area (Å²) >= 11 is 0. The molecule has 1 saturated heterocycles. The van der Waals surface area contributed by atoms with E-state index >= 15 is 0 Å². The molecule has 2 N–H and O–H groups in total. The highest BCUT2D eigenvalue weighted by Crippen LogP contribution is 2.41. The molecule has 6 rings (SSSR count). The van der Waals surface area contributed by atoms with Gasteiger partial charge in [-0.15, -0.1) is 0 Å². The number of amides is 1. The van der Waals surface area contributed by atoms with Crippen LogP contribution in [0.3, 0.4) is 0 Å². The number of allylic oxidation sites excluding steroid dienone is 1. The highest BCUT2D eigenvalue weighted by atomic mass is 16.5. The van der Waals surface area contributed by atoms with Crippen LogP contribution in [0.25, 0.3) is 17.0 Å². The molecule has 4 aromatic rings. The molecule has 0 bridgehead atoms. The maximum Gasteiger partial charge on any atom is 0.407 e. The van der Waals surface area contributed by atoms with Gasteiger partial charge in [0, 0.05) is 44.2 Å². The summed E-state index contributed by atoms with van der Waals surface area (Å²) in [6, 6.07) is 21.1. The standard InChI is InChI=1S/C29H26N4O5/c34-27-21-10-11-25(37-18-19-6-2-1-3-7-19)22(17-32-12-14-33(15-13-32)29(35)36)28(21)38-26(27)16-24-20-8-4-5-9-23(20)30-31-24/h1-11,16H,12-15,17-18H2,(H,30,31)(H,35,36)/b26-16-. The van der Waals surface area contributed by atoms with Crippen LogP contribution in [0.4, 0.5) is 4.79 Å². The quantitative estimate of drug-likeness (QED) is 0.366. The second-order valence-electron chi connectivity index (χ2n) is 9.33. The monoisotopic (exact) mass is 510 g/mol. The Balaban J connectivity index is 1.32. The van der Waals surface area contributed by atoms with Gasteiger partial charge in [0.25, 0.3) is 0 Å². The van der Waals surface area contributed by atoms with Crippen LogP contribution in [0.1, 0.15) is 27.2 Å². The fraction of sp³-hybridized carbons (Fsp3) is 0.207. The number of ether oxygens (including phenoxy) is 2. The first-order valence-corrected chi connectivity index (χ1v) is 12.5. The number of H-pyrrole nitrogens is 1. The molecule has 0 saturated carbocycles. The Bertz CT molecular complexity index is 1540. The average Bonchev–Trinajstić information content (AvgIpc) is 3.50. The number of carbonyl (C=O) groups is 2. The predicted molar refractivity (Wildman–Crippen MR) is 141 cm³/mol. The SMILES string of the molecule is O=C1/C(=C/c2n[nH]c3ccccc23)Oc2c1ccc(OCc1ccccc1)c2CN1CCN(C(=O)O)CC1. The van der Waals surface area contributed by atoms with E-state index < -0.39 is 6.09 Å². The van der Waals surface area contributed by atoms with E-state index in [2.05, 4.69) is 15.1 Å². The van der Waals surface area contributed by atoms with Gasteiger partial charge in [-0.3, -0.25) is 14.8 Å². The molecule has 2 aliphatic rings. The minimum Gasteiger partial charge on any atom is -0.488 e. The number of benzene rings is 3. The Hall–Kier alpha value is -4.63. The first-order chi connectivity index (χ1) is 18.6. The van der Waals surface area contributed by atoms with Crippen LogP contribution in [0, 0.1) is 0 Å². The summed E-state index contributed by atoms with van der Waals surface area (Å²) in [5, 5.41) is 17.5. The van der Waals surface area contributed by atoms with E-state index in [1.54, 1.807) is 12.1 Å². The zero-order valence-electron chi connectivity index (χ0n) is 20.6. The van der Waals surface area contributed by atoms with Crippen molar-refractivity contribution in [3.05, 3.63) is 94.9 Å². The van der Waals surface area contributed by atoms with Gasteiger partial charge in [-0.25, -0.2) is 4.79 Å². The smallest absolute Gasteiger partial charge is 0.407 e. The molecule has 9 nitrogen and oxygen atoms in total. The number of carbonyl (C=O) groups excluding carboxylic acids is 1. The minimum atomic E-state index is -0.910. The highest BCUT2D eigenvalue weighted by Gasteiger charge is 2.33. The molecule has 38 heavy (non-hydrogen) atoms. The van der Waals surface area contributed by atoms with Gasteiger partial charge in [0.1, 0.15) is 18.1 Å². The zero-order chi connectivity index (χ0) is 26.1. The van der Waals surface area contributed by atoms with E-state index in [0.717, 1.165) is 22.0 Å². The number of aromatic nitrogens is 2. The zero-order valence-corrected chi connectivity index (χ0v) is 20.6. The topological polar surface area (TPSA) is 108 Å². The molecule has 1 fully saturated rings. The maximum absolute atomic E-state index is 13.4. The Morgan fingerprint density at radius 1 is 1.03 bits per heavy atom. The van der Waals surface area contributed by atoms with Crippen LogP contribution >= 0.6 is 0 Å². The summed E-state index contributed by atoms with van der Waals surface area (Å²) in [6.07, 6.45) is 0.757. The van der Waals surface area contributed by atoms with E-state index in [-0.39, 0.29) is 11.5 Å². The summed E-state index contributed by atoms with van der Waals surface area (Å²) in [7, 11) is 0. The maximum atomic E-state index is 13.4. The van der Waals surface area contributed by atoms with Gasteiger partial charge in [-0.1, -0.05) is 48.5 Å². The van der Waals surface area contributed by atoms with Gasteiger partial charge < -0.3 is 19.5 Å². The lowest BCUT2D eigenvalue weighted by Gasteiger charge is -2.33. The van der Waals surface area contributed by atoms with Crippen molar-refractivity contribution >= 4 is 28.9 Å². The van der Waals surface area contributed by atoms with Gasteiger partial charge >= 0.3 is 6.09 Å². The second-order valence-corrected chi connectivity index (χ2v) is 9.33. The van der Waals surface area contributed by atoms with Crippen LogP contribution in [0.15, 0.2) is 72.5 Å². The summed E-state index contributed by atoms with van der Waals surface area (Å²) < 4.78 is 12.4. The number of aromatic amines is 1. The van der Waals surface area contributed by atoms with Crippen LogP contribution in [-0.2, 0) is 13.2 Å². The molecule has 3 heterocycles. The van der Waals surface area contributed by atoms with Crippen LogP contribution in [0.5, 0.6) is 11.5 Å². The predicted octanol–water partition coefficient (Wildman–Crippen LogP) is 4.55. The molecule has 3 aromatic carbocycles. The normalized spacial score (nSPS) is 16.6. The van der Waals surface area contributed by atoms with Gasteiger partial charge in [0.05, 0.1) is 22.3 Å². The molecule has 0 unspecified atom stereocenters. The number of hydrogen-bond acceptors (Lipinski definition) is 6. The van der Waals surface area contributed by atoms with Gasteiger partial charge in [-0.2, -0.15) is 5.10 Å². The van der Waals surface area contributed by atoms with Crippen LogP contribution in [-0.4, -0.2) is 63.2 Å². The molecule has 0 aliphatic carbocycles. The Morgan fingerprint density at radius 2 is 1.79 bits per heavy atom. The number of ketones is 1. The Morgan fingerprint density at radius 3 is 2.58 bits per heavy atom. The highest BCUT2D eigenvalue weighted by molar-refractivity contribution is 6.15. The van der Waals surface area contributed by atoms with Crippen molar-refractivity contribution in [1.29, 1.82) is 0 Å². The summed E-state index contributed by atoms with van der Waals surface area (Å²) in [5.74, 6) is 1.10. The lowest BCUT2D eigenvalue weighted by atomic mass is 10.0.